The molecule has 15 heavy (non-hydrogen) atoms. The molecule has 5 heteroatoms. The maximum Gasteiger partial charge on any atom is 0.337 e. The van der Waals surface area contributed by atoms with Crippen LogP contribution in [-0.2, 0) is 11.3 Å². The fraction of sp³-hybridized carbons (Fsp3) is 0.400. The summed E-state index contributed by atoms with van der Waals surface area (Å²) in [4.78, 5) is 25.0. The molecule has 0 amide bonds. The normalized spacial score (nSPS) is 10.3. The van der Waals surface area contributed by atoms with Gasteiger partial charge in [0.15, 0.2) is 5.78 Å². The van der Waals surface area contributed by atoms with Gasteiger partial charge in [0.2, 0.25) is 0 Å². The van der Waals surface area contributed by atoms with Crippen molar-refractivity contribution in [2.75, 3.05) is 7.11 Å². The number of carboxylic acid groups (broad SMARTS) is 1. The second-order valence-electron chi connectivity index (χ2n) is 3.07. The number of hydrogen-bond donors (Lipinski definition) is 2. The predicted octanol–water partition coefficient (Wildman–Crippen LogP) is 1.45. The molecule has 1 heterocycles. The molecule has 1 rings (SSSR count). The number of H-pyrrole nitrogens is 1. The average molecular weight is 211 g/mol. The van der Waals surface area contributed by atoms with Gasteiger partial charge in [-0.1, -0.05) is 6.92 Å². The number of rotatable bonds is 5. The molecule has 0 saturated carbocycles. The molecule has 0 spiro atoms. The number of carboxylic acids is 1. The van der Waals surface area contributed by atoms with Crippen molar-refractivity contribution >= 4 is 11.8 Å². The Balaban J connectivity index is 3.17. The molecule has 5 nitrogen and oxygen atoms in total. The molecule has 0 radical (unpaired) electrons. The van der Waals surface area contributed by atoms with Crippen LogP contribution >= 0.6 is 0 Å². The number of carbonyl (C=O) groups excluding carboxylic acids is 1. The van der Waals surface area contributed by atoms with Crippen LogP contribution in [0.1, 0.15) is 39.8 Å². The lowest BCUT2D eigenvalue weighted by Crippen LogP contribution is -2.06. The first kappa shape index (κ1) is 11.5. The monoisotopic (exact) mass is 211 g/mol. The first-order chi connectivity index (χ1) is 7.11. The Morgan fingerprint density at radius 3 is 2.67 bits per heavy atom. The lowest BCUT2D eigenvalue weighted by molar-refractivity contribution is 0.0692. The van der Waals surface area contributed by atoms with Gasteiger partial charge < -0.3 is 14.8 Å². The van der Waals surface area contributed by atoms with Crippen LogP contribution in [0.3, 0.4) is 0 Å². The quantitative estimate of drug-likeness (QED) is 0.722. The minimum atomic E-state index is -1.06. The minimum absolute atomic E-state index is 0.0913. The van der Waals surface area contributed by atoms with Crippen LogP contribution in [0.5, 0.6) is 0 Å². The van der Waals surface area contributed by atoms with Crippen LogP contribution in [-0.4, -0.2) is 29.0 Å². The molecule has 0 atom stereocenters. The fourth-order valence-electron chi connectivity index (χ4n) is 1.36. The molecule has 0 saturated heterocycles. The van der Waals surface area contributed by atoms with Crippen LogP contribution in [0, 0.1) is 0 Å². The van der Waals surface area contributed by atoms with Crippen molar-refractivity contribution in [2.45, 2.75) is 20.0 Å². The Bertz CT molecular complexity index is 381. The van der Waals surface area contributed by atoms with Crippen LogP contribution in [0.25, 0.3) is 0 Å². The first-order valence-corrected chi connectivity index (χ1v) is 4.57. The largest absolute Gasteiger partial charge is 0.478 e. The highest BCUT2D eigenvalue weighted by molar-refractivity contribution is 6.00. The molecule has 0 fully saturated rings. The van der Waals surface area contributed by atoms with E-state index in [0.29, 0.717) is 17.7 Å². The fourth-order valence-corrected chi connectivity index (χ4v) is 1.36. The standard InChI is InChI=1S/C10H13NO4/c1-3-8(12)9-7(5-15-2)6(4-11-9)10(13)14/h4,11H,3,5H2,1-2H3,(H,13,14). The first-order valence-electron chi connectivity index (χ1n) is 4.57. The number of methoxy groups -OCH3 is 1. The van der Waals surface area contributed by atoms with Crippen LogP contribution in [0.15, 0.2) is 6.20 Å². The Morgan fingerprint density at radius 1 is 1.53 bits per heavy atom. The number of ether oxygens (including phenoxy) is 1. The molecule has 0 aliphatic rings. The topological polar surface area (TPSA) is 79.4 Å². The molecule has 82 valence electrons. The Kier molecular flexibility index (Phi) is 3.62. The number of ketones is 1. The van der Waals surface area contributed by atoms with E-state index in [9.17, 15) is 9.59 Å². The number of aromatic amines is 1. The Morgan fingerprint density at radius 2 is 2.20 bits per heavy atom. The summed E-state index contributed by atoms with van der Waals surface area (Å²) in [6.07, 6.45) is 1.65. The number of aromatic carboxylic acids is 1. The summed E-state index contributed by atoms with van der Waals surface area (Å²) in [6, 6.07) is 0. The number of aromatic nitrogens is 1. The van der Waals surface area contributed by atoms with Crippen molar-refractivity contribution in [3.05, 3.63) is 23.0 Å². The highest BCUT2D eigenvalue weighted by Crippen LogP contribution is 2.17. The summed E-state index contributed by atoms with van der Waals surface area (Å²) in [5.74, 6) is -1.18. The van der Waals surface area contributed by atoms with Crippen LogP contribution in [0.4, 0.5) is 0 Å². The highest BCUT2D eigenvalue weighted by atomic mass is 16.5. The second-order valence-corrected chi connectivity index (χ2v) is 3.07. The van der Waals surface area contributed by atoms with Gasteiger partial charge in [-0.3, -0.25) is 4.79 Å². The SMILES string of the molecule is CCC(=O)c1[nH]cc(C(=O)O)c1COC. The highest BCUT2D eigenvalue weighted by Gasteiger charge is 2.19. The molecule has 0 aromatic carbocycles. The second kappa shape index (κ2) is 4.75. The predicted molar refractivity (Wildman–Crippen MR) is 53.1 cm³/mol. The summed E-state index contributed by atoms with van der Waals surface area (Å²) in [7, 11) is 1.46. The lowest BCUT2D eigenvalue weighted by Gasteiger charge is -2.02. The van der Waals surface area contributed by atoms with E-state index in [1.807, 2.05) is 0 Å². The summed E-state index contributed by atoms with van der Waals surface area (Å²) < 4.78 is 4.88. The molecule has 0 unspecified atom stereocenters. The number of carbonyl (C=O) groups is 2. The zero-order valence-corrected chi connectivity index (χ0v) is 8.66. The third-order valence-corrected chi connectivity index (χ3v) is 2.11. The van der Waals surface area contributed by atoms with Crippen molar-refractivity contribution in [2.24, 2.45) is 0 Å². The van der Waals surface area contributed by atoms with Gasteiger partial charge in [0, 0.05) is 25.3 Å². The zero-order chi connectivity index (χ0) is 11.4. The van der Waals surface area contributed by atoms with E-state index in [4.69, 9.17) is 9.84 Å². The van der Waals surface area contributed by atoms with Gasteiger partial charge in [0.25, 0.3) is 0 Å². The molecule has 0 aliphatic heterocycles. The summed E-state index contributed by atoms with van der Waals surface area (Å²) >= 11 is 0. The van der Waals surface area contributed by atoms with Crippen molar-refractivity contribution < 1.29 is 19.4 Å². The van der Waals surface area contributed by atoms with E-state index in [1.165, 1.54) is 13.3 Å². The number of Topliss-reactive ketones (excluding diaryl/α,β-unsaturated/α-hetero) is 1. The number of hydrogen-bond acceptors (Lipinski definition) is 3. The van der Waals surface area contributed by atoms with Gasteiger partial charge >= 0.3 is 5.97 Å². The van der Waals surface area contributed by atoms with Gasteiger partial charge in [-0.2, -0.15) is 0 Å². The van der Waals surface area contributed by atoms with E-state index in [1.54, 1.807) is 6.92 Å². The molecule has 1 aromatic heterocycles. The van der Waals surface area contributed by atoms with Crippen LogP contribution < -0.4 is 0 Å². The van der Waals surface area contributed by atoms with Gasteiger partial charge in [-0.25, -0.2) is 4.79 Å². The molecule has 1 aromatic rings. The summed E-state index contributed by atoms with van der Waals surface area (Å²) in [5, 5.41) is 8.87. The smallest absolute Gasteiger partial charge is 0.337 e. The van der Waals surface area contributed by atoms with Gasteiger partial charge in [0.1, 0.15) is 0 Å². The summed E-state index contributed by atoms with van der Waals surface area (Å²) in [6.45, 7) is 1.84. The van der Waals surface area contributed by atoms with Gasteiger partial charge in [-0.15, -0.1) is 0 Å². The summed E-state index contributed by atoms with van der Waals surface area (Å²) in [5.41, 5.74) is 0.835. The maximum atomic E-state index is 11.5. The Hall–Kier alpha value is -1.62. The molecular weight excluding hydrogens is 198 g/mol. The van der Waals surface area contributed by atoms with E-state index in [0.717, 1.165) is 0 Å². The minimum Gasteiger partial charge on any atom is -0.478 e. The lowest BCUT2D eigenvalue weighted by atomic mass is 10.1. The third kappa shape index (κ3) is 2.24. The maximum absolute atomic E-state index is 11.5. The average Bonchev–Trinajstić information content (AvgIpc) is 2.61. The zero-order valence-electron chi connectivity index (χ0n) is 8.66. The molecule has 2 N–H and O–H groups in total. The van der Waals surface area contributed by atoms with Gasteiger partial charge in [-0.05, 0) is 0 Å². The van der Waals surface area contributed by atoms with E-state index in [2.05, 4.69) is 4.98 Å². The van der Waals surface area contributed by atoms with Gasteiger partial charge in [0.05, 0.1) is 17.9 Å². The Labute approximate surface area is 87.1 Å². The van der Waals surface area contributed by atoms with E-state index in [-0.39, 0.29) is 18.0 Å². The van der Waals surface area contributed by atoms with E-state index >= 15 is 0 Å². The van der Waals surface area contributed by atoms with E-state index < -0.39 is 5.97 Å². The molecule has 0 bridgehead atoms. The molecular formula is C10H13NO4. The van der Waals surface area contributed by atoms with Crippen molar-refractivity contribution in [1.29, 1.82) is 0 Å². The van der Waals surface area contributed by atoms with Crippen molar-refractivity contribution in [3.8, 4) is 0 Å². The number of nitrogens with one attached hydrogen (secondary N) is 1. The van der Waals surface area contributed by atoms with Crippen LogP contribution in [0.2, 0.25) is 0 Å². The van der Waals surface area contributed by atoms with Crippen molar-refractivity contribution in [1.82, 2.24) is 4.98 Å². The van der Waals surface area contributed by atoms with Crippen molar-refractivity contribution in [3.63, 3.8) is 0 Å². The third-order valence-electron chi connectivity index (χ3n) is 2.11. The molecule has 0 aliphatic carbocycles.